The van der Waals surface area contributed by atoms with Crippen LogP contribution in [0.5, 0.6) is 0 Å². The zero-order valence-electron chi connectivity index (χ0n) is 14.9. The van der Waals surface area contributed by atoms with E-state index >= 15 is 0 Å². The maximum absolute atomic E-state index is 11.8. The van der Waals surface area contributed by atoms with Crippen molar-refractivity contribution in [1.29, 1.82) is 0 Å². The summed E-state index contributed by atoms with van der Waals surface area (Å²) in [6.07, 6.45) is 8.73. The van der Waals surface area contributed by atoms with E-state index in [2.05, 4.69) is 33.7 Å². The Morgan fingerprint density at radius 3 is 2.74 bits per heavy atom. The van der Waals surface area contributed by atoms with E-state index in [4.69, 9.17) is 4.74 Å². The number of ether oxygens (including phenoxy) is 1. The van der Waals surface area contributed by atoms with E-state index in [0.29, 0.717) is 18.5 Å². The van der Waals surface area contributed by atoms with Gasteiger partial charge in [0.05, 0.1) is 0 Å². The van der Waals surface area contributed by atoms with E-state index in [1.54, 1.807) is 0 Å². The first-order valence-corrected chi connectivity index (χ1v) is 8.64. The fourth-order valence-corrected chi connectivity index (χ4v) is 3.16. The SMILES string of the molecule is Cn1ccc(CNC2CCCCC2CNC(=O)OC(C)(C)C)c1. The van der Waals surface area contributed by atoms with Crippen molar-refractivity contribution in [3.63, 3.8) is 0 Å². The Morgan fingerprint density at radius 2 is 2.09 bits per heavy atom. The van der Waals surface area contributed by atoms with Crippen LogP contribution in [0.25, 0.3) is 0 Å². The van der Waals surface area contributed by atoms with Crippen LogP contribution in [0.15, 0.2) is 18.5 Å². The first kappa shape index (κ1) is 17.9. The van der Waals surface area contributed by atoms with Gasteiger partial charge < -0.3 is 19.9 Å². The third-order valence-corrected chi connectivity index (χ3v) is 4.28. The molecule has 130 valence electrons. The molecule has 1 saturated carbocycles. The summed E-state index contributed by atoms with van der Waals surface area (Å²) in [5, 5.41) is 6.60. The number of nitrogens with zero attached hydrogens (tertiary/aromatic N) is 1. The molecule has 0 saturated heterocycles. The predicted molar refractivity (Wildman–Crippen MR) is 92.2 cm³/mol. The molecule has 1 fully saturated rings. The molecular weight excluding hydrogens is 290 g/mol. The smallest absolute Gasteiger partial charge is 0.407 e. The second-order valence-corrected chi connectivity index (χ2v) is 7.60. The molecule has 0 radical (unpaired) electrons. The van der Waals surface area contributed by atoms with Crippen molar-refractivity contribution < 1.29 is 9.53 Å². The molecule has 1 aromatic heterocycles. The molecule has 5 nitrogen and oxygen atoms in total. The summed E-state index contributed by atoms with van der Waals surface area (Å²) in [6.45, 7) is 7.22. The molecule has 0 spiro atoms. The monoisotopic (exact) mass is 321 g/mol. The van der Waals surface area contributed by atoms with Gasteiger partial charge in [0, 0.05) is 38.6 Å². The van der Waals surface area contributed by atoms with Crippen LogP contribution in [0, 0.1) is 5.92 Å². The van der Waals surface area contributed by atoms with Gasteiger partial charge in [-0.25, -0.2) is 4.79 Å². The molecule has 2 atom stereocenters. The molecule has 1 aliphatic rings. The van der Waals surface area contributed by atoms with Gasteiger partial charge in [-0.1, -0.05) is 12.8 Å². The average Bonchev–Trinajstić information content (AvgIpc) is 2.87. The lowest BCUT2D eigenvalue weighted by molar-refractivity contribution is 0.0510. The molecule has 2 N–H and O–H groups in total. The standard InChI is InChI=1S/C18H31N3O2/c1-18(2,3)23-17(22)20-12-15-7-5-6-8-16(15)19-11-14-9-10-21(4)13-14/h9-10,13,15-16,19H,5-8,11-12H2,1-4H3,(H,20,22). The molecule has 0 bridgehead atoms. The first-order chi connectivity index (χ1) is 10.8. The van der Waals surface area contributed by atoms with Gasteiger partial charge >= 0.3 is 6.09 Å². The van der Waals surface area contributed by atoms with Crippen LogP contribution in [0.4, 0.5) is 4.79 Å². The Hall–Kier alpha value is -1.49. The fraction of sp³-hybridized carbons (Fsp3) is 0.722. The van der Waals surface area contributed by atoms with Crippen LogP contribution in [0.3, 0.4) is 0 Å². The maximum Gasteiger partial charge on any atom is 0.407 e. The lowest BCUT2D eigenvalue weighted by Gasteiger charge is -2.32. The van der Waals surface area contributed by atoms with Gasteiger partial charge in [-0.15, -0.1) is 0 Å². The van der Waals surface area contributed by atoms with E-state index in [9.17, 15) is 4.79 Å². The lowest BCUT2D eigenvalue weighted by Crippen LogP contribution is -2.44. The van der Waals surface area contributed by atoms with E-state index < -0.39 is 5.60 Å². The summed E-state index contributed by atoms with van der Waals surface area (Å²) in [6, 6.07) is 2.60. The summed E-state index contributed by atoms with van der Waals surface area (Å²) >= 11 is 0. The van der Waals surface area contributed by atoms with Crippen LogP contribution in [0.2, 0.25) is 0 Å². The molecule has 1 heterocycles. The van der Waals surface area contributed by atoms with E-state index in [-0.39, 0.29) is 6.09 Å². The highest BCUT2D eigenvalue weighted by molar-refractivity contribution is 5.67. The summed E-state index contributed by atoms with van der Waals surface area (Å²) in [7, 11) is 2.04. The van der Waals surface area contributed by atoms with E-state index in [1.807, 2.05) is 27.8 Å². The van der Waals surface area contributed by atoms with Crippen LogP contribution >= 0.6 is 0 Å². The third-order valence-electron chi connectivity index (χ3n) is 4.28. The number of nitrogens with one attached hydrogen (secondary N) is 2. The van der Waals surface area contributed by atoms with E-state index in [0.717, 1.165) is 13.0 Å². The van der Waals surface area contributed by atoms with Gasteiger partial charge in [0.1, 0.15) is 5.60 Å². The molecule has 0 aromatic carbocycles. The topological polar surface area (TPSA) is 55.3 Å². The Morgan fingerprint density at radius 1 is 1.35 bits per heavy atom. The van der Waals surface area contributed by atoms with Gasteiger partial charge in [0.15, 0.2) is 0 Å². The number of aryl methyl sites for hydroxylation is 1. The normalized spacial score (nSPS) is 21.9. The number of rotatable bonds is 5. The molecule has 1 amide bonds. The zero-order chi connectivity index (χ0) is 16.9. The van der Waals surface area contributed by atoms with Crippen molar-refractivity contribution in [1.82, 2.24) is 15.2 Å². The zero-order valence-corrected chi connectivity index (χ0v) is 14.9. The van der Waals surface area contributed by atoms with Gasteiger partial charge in [0.25, 0.3) is 0 Å². The molecule has 23 heavy (non-hydrogen) atoms. The molecule has 2 rings (SSSR count). The average molecular weight is 321 g/mol. The largest absolute Gasteiger partial charge is 0.444 e. The van der Waals surface area contributed by atoms with Crippen LogP contribution < -0.4 is 10.6 Å². The molecule has 1 aliphatic carbocycles. The second kappa shape index (κ2) is 7.86. The van der Waals surface area contributed by atoms with Crippen LogP contribution in [0.1, 0.15) is 52.0 Å². The Balaban J connectivity index is 1.79. The van der Waals surface area contributed by atoms with Crippen molar-refractivity contribution >= 4 is 6.09 Å². The minimum absolute atomic E-state index is 0.315. The summed E-state index contributed by atoms with van der Waals surface area (Å²) in [5.74, 6) is 0.472. The second-order valence-electron chi connectivity index (χ2n) is 7.60. The number of hydrogen-bond donors (Lipinski definition) is 2. The Labute approximate surface area is 139 Å². The van der Waals surface area contributed by atoms with Gasteiger partial charge in [-0.2, -0.15) is 0 Å². The van der Waals surface area contributed by atoms with Crippen LogP contribution in [-0.2, 0) is 18.3 Å². The lowest BCUT2D eigenvalue weighted by atomic mass is 9.84. The van der Waals surface area contributed by atoms with Crippen molar-refractivity contribution in [3.8, 4) is 0 Å². The van der Waals surface area contributed by atoms with Gasteiger partial charge in [0.2, 0.25) is 0 Å². The molecule has 2 unspecified atom stereocenters. The number of amides is 1. The predicted octanol–water partition coefficient (Wildman–Crippen LogP) is 3.20. The minimum atomic E-state index is -0.443. The van der Waals surface area contributed by atoms with Crippen LogP contribution in [-0.4, -0.2) is 28.8 Å². The number of carbonyl (C=O) groups excluding carboxylic acids is 1. The van der Waals surface area contributed by atoms with Crippen molar-refractivity contribution in [2.75, 3.05) is 6.54 Å². The maximum atomic E-state index is 11.8. The molecule has 1 aromatic rings. The minimum Gasteiger partial charge on any atom is -0.444 e. The highest BCUT2D eigenvalue weighted by Crippen LogP contribution is 2.24. The summed E-state index contributed by atoms with van der Waals surface area (Å²) in [4.78, 5) is 11.8. The molecule has 0 aliphatic heterocycles. The Bertz CT molecular complexity index is 505. The summed E-state index contributed by atoms with van der Waals surface area (Å²) in [5.41, 5.74) is 0.860. The first-order valence-electron chi connectivity index (χ1n) is 8.64. The van der Waals surface area contributed by atoms with Crippen molar-refractivity contribution in [3.05, 3.63) is 24.0 Å². The van der Waals surface area contributed by atoms with E-state index in [1.165, 1.54) is 24.8 Å². The Kier molecular flexibility index (Phi) is 6.10. The number of alkyl carbamates (subject to hydrolysis) is 1. The highest BCUT2D eigenvalue weighted by Gasteiger charge is 2.26. The number of hydrogen-bond acceptors (Lipinski definition) is 3. The number of aromatic nitrogens is 1. The quantitative estimate of drug-likeness (QED) is 0.875. The van der Waals surface area contributed by atoms with Gasteiger partial charge in [-0.3, -0.25) is 0 Å². The summed E-state index contributed by atoms with van der Waals surface area (Å²) < 4.78 is 7.39. The van der Waals surface area contributed by atoms with Crippen molar-refractivity contribution in [2.45, 2.75) is 64.6 Å². The molecular formula is C18H31N3O2. The fourth-order valence-electron chi connectivity index (χ4n) is 3.16. The van der Waals surface area contributed by atoms with Gasteiger partial charge in [-0.05, 0) is 51.2 Å². The van der Waals surface area contributed by atoms with Crippen molar-refractivity contribution in [2.24, 2.45) is 13.0 Å². The number of carbonyl (C=O) groups is 1. The third kappa shape index (κ3) is 6.26. The highest BCUT2D eigenvalue weighted by atomic mass is 16.6. The molecule has 5 heteroatoms.